The van der Waals surface area contributed by atoms with Crippen molar-refractivity contribution in [3.8, 4) is 11.3 Å². The second-order valence-electron chi connectivity index (χ2n) is 7.78. The topological polar surface area (TPSA) is 62.5 Å². The van der Waals surface area contributed by atoms with Crippen molar-refractivity contribution in [2.45, 2.75) is 11.3 Å². The average Bonchev–Trinajstić information content (AvgIpc) is 3.22. The van der Waals surface area contributed by atoms with Crippen LogP contribution in [0.2, 0.25) is 5.02 Å². The Kier molecular flexibility index (Phi) is 7.25. The molecular weight excluding hydrogens is 453 g/mol. The van der Waals surface area contributed by atoms with Crippen molar-refractivity contribution in [3.63, 3.8) is 0 Å². The molecule has 9 heteroatoms. The monoisotopic (exact) mass is 477 g/mol. The lowest BCUT2D eigenvalue weighted by Gasteiger charge is -2.19. The van der Waals surface area contributed by atoms with Crippen molar-refractivity contribution in [3.05, 3.63) is 71.4 Å². The summed E-state index contributed by atoms with van der Waals surface area (Å²) in [5.74, 6) is 0.875. The minimum Gasteiger partial charge on any atom is -0.370 e. The fourth-order valence-corrected chi connectivity index (χ4v) is 4.49. The van der Waals surface area contributed by atoms with Gasteiger partial charge in [-0.1, -0.05) is 41.9 Å². The van der Waals surface area contributed by atoms with Crippen LogP contribution in [0, 0.1) is 0 Å². The number of fused-ring (bicyclic) bond motifs is 1. The molecule has 1 amide bonds. The summed E-state index contributed by atoms with van der Waals surface area (Å²) in [6.45, 7) is 1.32. The van der Waals surface area contributed by atoms with Gasteiger partial charge < -0.3 is 10.2 Å². The standard InChI is InChI=1S/C24H25BClN5OS/c1-30(24(32)17-9-4-6-11-21(17)33-2)13-7-12-27-22-14-20(16-8-3-5-10-19(16)26)29-23-18(25)15-28-31(22)23/h3-6,8-11,14-15,27H,7,12-13,25H2,1-2H3. The van der Waals surface area contributed by atoms with E-state index in [0.29, 0.717) is 18.1 Å². The van der Waals surface area contributed by atoms with E-state index < -0.39 is 0 Å². The fourth-order valence-electron chi connectivity index (χ4n) is 3.67. The van der Waals surface area contributed by atoms with Gasteiger partial charge in [-0.2, -0.15) is 9.61 Å². The van der Waals surface area contributed by atoms with Crippen molar-refractivity contribution in [2.75, 3.05) is 31.7 Å². The summed E-state index contributed by atoms with van der Waals surface area (Å²) in [5.41, 5.74) is 4.19. The van der Waals surface area contributed by atoms with E-state index in [1.54, 1.807) is 27.4 Å². The molecule has 0 unspecified atom stereocenters. The first-order chi connectivity index (χ1) is 16.0. The second kappa shape index (κ2) is 10.3. The largest absolute Gasteiger partial charge is 0.370 e. The van der Waals surface area contributed by atoms with Crippen molar-refractivity contribution in [1.29, 1.82) is 0 Å². The van der Waals surface area contributed by atoms with Crippen LogP contribution in [0.1, 0.15) is 16.8 Å². The van der Waals surface area contributed by atoms with Gasteiger partial charge >= 0.3 is 0 Å². The van der Waals surface area contributed by atoms with Crippen molar-refractivity contribution < 1.29 is 4.79 Å². The van der Waals surface area contributed by atoms with Crippen LogP contribution in [0.3, 0.4) is 0 Å². The van der Waals surface area contributed by atoms with Crippen LogP contribution in [-0.4, -0.2) is 59.6 Å². The highest BCUT2D eigenvalue weighted by atomic mass is 35.5. The molecule has 6 nitrogen and oxygen atoms in total. The molecule has 0 spiro atoms. The molecule has 2 aromatic heterocycles. The Labute approximate surface area is 203 Å². The molecule has 0 aliphatic heterocycles. The van der Waals surface area contributed by atoms with E-state index in [4.69, 9.17) is 16.6 Å². The number of carbonyl (C=O) groups excluding carboxylic acids is 1. The first-order valence-corrected chi connectivity index (χ1v) is 12.3. The smallest absolute Gasteiger partial charge is 0.254 e. The number of nitrogens with zero attached hydrogens (tertiary/aromatic N) is 4. The molecule has 0 fully saturated rings. The lowest BCUT2D eigenvalue weighted by atomic mass is 10.0. The van der Waals surface area contributed by atoms with E-state index in [2.05, 4.69) is 10.4 Å². The summed E-state index contributed by atoms with van der Waals surface area (Å²) in [6, 6.07) is 17.4. The van der Waals surface area contributed by atoms with Crippen LogP contribution in [0.25, 0.3) is 16.9 Å². The minimum atomic E-state index is 0.0370. The maximum absolute atomic E-state index is 12.9. The molecular formula is C24H25BClN5OS. The summed E-state index contributed by atoms with van der Waals surface area (Å²) in [6.07, 6.45) is 4.58. The van der Waals surface area contributed by atoms with E-state index >= 15 is 0 Å². The van der Waals surface area contributed by atoms with Crippen LogP contribution in [0.4, 0.5) is 5.82 Å². The Balaban J connectivity index is 1.46. The lowest BCUT2D eigenvalue weighted by molar-refractivity contribution is 0.0791. The zero-order valence-corrected chi connectivity index (χ0v) is 20.5. The van der Waals surface area contributed by atoms with Gasteiger partial charge in [0.25, 0.3) is 5.91 Å². The number of aromatic nitrogens is 3. The Morgan fingerprint density at radius 2 is 1.97 bits per heavy atom. The number of rotatable bonds is 8. The molecule has 0 saturated carbocycles. The Hall–Kier alpha value is -2.97. The van der Waals surface area contributed by atoms with Crippen LogP contribution >= 0.6 is 23.4 Å². The zero-order valence-electron chi connectivity index (χ0n) is 18.9. The van der Waals surface area contributed by atoms with Gasteiger partial charge in [-0.25, -0.2) is 4.98 Å². The number of hydrogen-bond acceptors (Lipinski definition) is 5. The fraction of sp³-hybridized carbons (Fsp3) is 0.208. The van der Waals surface area contributed by atoms with Crippen LogP contribution in [0.5, 0.6) is 0 Å². The number of carbonyl (C=O) groups is 1. The maximum atomic E-state index is 12.9. The normalized spacial score (nSPS) is 11.0. The van der Waals surface area contributed by atoms with Gasteiger partial charge in [0.2, 0.25) is 0 Å². The van der Waals surface area contributed by atoms with Gasteiger partial charge in [0, 0.05) is 47.9 Å². The van der Waals surface area contributed by atoms with Gasteiger partial charge in [0.15, 0.2) is 5.65 Å². The van der Waals surface area contributed by atoms with Crippen LogP contribution < -0.4 is 10.8 Å². The summed E-state index contributed by atoms with van der Waals surface area (Å²) in [4.78, 5) is 20.4. The van der Waals surface area contributed by atoms with Gasteiger partial charge in [-0.3, -0.25) is 4.79 Å². The molecule has 0 bridgehead atoms. The van der Waals surface area contributed by atoms with E-state index in [9.17, 15) is 4.79 Å². The highest BCUT2D eigenvalue weighted by molar-refractivity contribution is 7.98. The third-order valence-corrected chi connectivity index (χ3v) is 6.58. The summed E-state index contributed by atoms with van der Waals surface area (Å²) in [7, 11) is 3.83. The minimum absolute atomic E-state index is 0.0370. The first-order valence-electron chi connectivity index (χ1n) is 10.7. The molecule has 0 aliphatic carbocycles. The lowest BCUT2D eigenvalue weighted by Crippen LogP contribution is -2.29. The summed E-state index contributed by atoms with van der Waals surface area (Å²) < 4.78 is 1.80. The third-order valence-electron chi connectivity index (χ3n) is 5.46. The molecule has 4 rings (SSSR count). The molecule has 33 heavy (non-hydrogen) atoms. The first kappa shape index (κ1) is 23.2. The Morgan fingerprint density at radius 3 is 2.76 bits per heavy atom. The van der Waals surface area contributed by atoms with Crippen molar-refractivity contribution in [1.82, 2.24) is 19.5 Å². The highest BCUT2D eigenvalue weighted by Gasteiger charge is 2.15. The SMILES string of the molecule is Bc1cnn2c(NCCCN(C)C(=O)c3ccccc3SC)cc(-c3ccccc3Cl)nc12. The molecule has 168 valence electrons. The highest BCUT2D eigenvalue weighted by Crippen LogP contribution is 2.28. The van der Waals surface area contributed by atoms with Crippen LogP contribution in [-0.2, 0) is 0 Å². The maximum Gasteiger partial charge on any atom is 0.254 e. The third kappa shape index (κ3) is 5.02. The number of nitrogens with one attached hydrogen (secondary N) is 1. The predicted octanol–water partition coefficient (Wildman–Crippen LogP) is 3.60. The second-order valence-corrected chi connectivity index (χ2v) is 9.03. The number of amides is 1. The number of anilines is 1. The Bertz CT molecular complexity index is 1300. The predicted molar refractivity (Wildman–Crippen MR) is 140 cm³/mol. The van der Waals surface area contributed by atoms with Crippen molar-refractivity contribution in [2.24, 2.45) is 0 Å². The van der Waals surface area contributed by atoms with Crippen molar-refractivity contribution >= 4 is 54.0 Å². The van der Waals surface area contributed by atoms with Gasteiger partial charge in [-0.05, 0) is 36.3 Å². The Morgan fingerprint density at radius 1 is 1.21 bits per heavy atom. The zero-order chi connectivity index (χ0) is 23.4. The molecule has 2 heterocycles. The van der Waals surface area contributed by atoms with Gasteiger partial charge in [-0.15, -0.1) is 11.8 Å². The van der Waals surface area contributed by atoms with E-state index in [-0.39, 0.29) is 5.91 Å². The van der Waals surface area contributed by atoms with E-state index in [1.165, 1.54) is 0 Å². The van der Waals surface area contributed by atoms with Gasteiger partial charge in [0.05, 0.1) is 11.3 Å². The average molecular weight is 478 g/mol. The molecule has 4 aromatic rings. The number of hydrogen-bond donors (Lipinski definition) is 1. The summed E-state index contributed by atoms with van der Waals surface area (Å²) in [5, 5.41) is 8.59. The van der Waals surface area contributed by atoms with Crippen LogP contribution in [0.15, 0.2) is 65.7 Å². The molecule has 1 N–H and O–H groups in total. The van der Waals surface area contributed by atoms with Gasteiger partial charge in [0.1, 0.15) is 13.7 Å². The molecule has 2 aromatic carbocycles. The van der Waals surface area contributed by atoms with E-state index in [1.807, 2.05) is 75.7 Å². The quantitative estimate of drug-likeness (QED) is 0.239. The number of halogens is 1. The molecule has 0 radical (unpaired) electrons. The molecule has 0 saturated heterocycles. The molecule has 0 atom stereocenters. The van der Waals surface area contributed by atoms with E-state index in [0.717, 1.165) is 45.1 Å². The number of benzene rings is 2. The summed E-state index contributed by atoms with van der Waals surface area (Å²) >= 11 is 8.00. The molecule has 0 aliphatic rings. The number of thioether (sulfide) groups is 1.